The molecule has 2 fully saturated rings. The lowest BCUT2D eigenvalue weighted by molar-refractivity contribution is -0.128. The van der Waals surface area contributed by atoms with Gasteiger partial charge in [-0.2, -0.15) is 0 Å². The smallest absolute Gasteiger partial charge is 0.224 e. The number of rotatable bonds is 11. The van der Waals surface area contributed by atoms with Crippen LogP contribution >= 0.6 is 0 Å². The normalized spacial score (nSPS) is 23.4. The van der Waals surface area contributed by atoms with Crippen LogP contribution in [0.25, 0.3) is 0 Å². The molecular weight excluding hydrogens is 490 g/mol. The molecular formula is C32H45N3O4. The monoisotopic (exact) mass is 535 g/mol. The van der Waals surface area contributed by atoms with Crippen LogP contribution in [0.5, 0.6) is 17.2 Å². The van der Waals surface area contributed by atoms with Gasteiger partial charge in [0, 0.05) is 38.1 Å². The van der Waals surface area contributed by atoms with Crippen molar-refractivity contribution in [3.8, 4) is 17.2 Å². The van der Waals surface area contributed by atoms with Gasteiger partial charge >= 0.3 is 0 Å². The fourth-order valence-corrected chi connectivity index (χ4v) is 6.74. The summed E-state index contributed by atoms with van der Waals surface area (Å²) < 4.78 is 17.3. The van der Waals surface area contributed by atoms with E-state index in [1.54, 1.807) is 14.2 Å². The molecule has 7 heteroatoms. The highest BCUT2D eigenvalue weighted by Gasteiger charge is 2.33. The summed E-state index contributed by atoms with van der Waals surface area (Å²) in [5.41, 5.74) is 4.04. The Kier molecular flexibility index (Phi) is 9.30. The third-order valence-electron chi connectivity index (χ3n) is 8.81. The Labute approximate surface area is 233 Å². The first kappa shape index (κ1) is 27.8. The molecule has 0 radical (unpaired) electrons. The third-order valence-corrected chi connectivity index (χ3v) is 8.81. The van der Waals surface area contributed by atoms with Crippen LogP contribution in [-0.2, 0) is 24.2 Å². The third kappa shape index (κ3) is 6.87. The molecule has 2 aromatic carbocycles. The van der Waals surface area contributed by atoms with E-state index in [0.717, 1.165) is 74.9 Å². The summed E-state index contributed by atoms with van der Waals surface area (Å²) >= 11 is 0. The Bertz CT molecular complexity index is 1120. The predicted molar refractivity (Wildman–Crippen MR) is 154 cm³/mol. The molecule has 2 aromatic rings. The van der Waals surface area contributed by atoms with Crippen LogP contribution in [0.15, 0.2) is 36.4 Å². The maximum absolute atomic E-state index is 13.4. The number of fused-ring (bicyclic) bond motifs is 1. The number of nitrogens with zero attached hydrogens (tertiary/aromatic N) is 2. The minimum absolute atomic E-state index is 0.0519. The number of nitrogens with one attached hydrogen (secondary N) is 1. The van der Waals surface area contributed by atoms with Crippen molar-refractivity contribution in [2.45, 2.75) is 58.0 Å². The number of piperidine rings is 1. The number of hydrogen-bond acceptors (Lipinski definition) is 6. The van der Waals surface area contributed by atoms with Gasteiger partial charge in [-0.05, 0) is 92.6 Å². The summed E-state index contributed by atoms with van der Waals surface area (Å²) in [4.78, 5) is 18.3. The van der Waals surface area contributed by atoms with Crippen LogP contribution < -0.4 is 19.5 Å². The molecule has 1 unspecified atom stereocenters. The number of aryl methyl sites for hydroxylation is 2. The molecule has 1 amide bonds. The molecule has 212 valence electrons. The standard InChI is InChI=1S/C32H45N3O4/c1-4-35-14-6-9-28(35)18-33-32(36)27-15-24(22-39-29-12-11-25-7-5-8-26(25)17-29)20-34(21-27)19-23-10-13-30(37-2)31(16-23)38-3/h10-13,16-17,24,27-28H,4-9,14-15,18-22H2,1-3H3,(H,33,36)/t24-,27+,28?/m0/s1. The van der Waals surface area contributed by atoms with Gasteiger partial charge in [-0.1, -0.05) is 19.1 Å². The molecule has 0 aromatic heterocycles. The van der Waals surface area contributed by atoms with Crippen molar-refractivity contribution in [3.63, 3.8) is 0 Å². The lowest BCUT2D eigenvalue weighted by atomic mass is 9.88. The van der Waals surface area contributed by atoms with E-state index in [-0.39, 0.29) is 17.7 Å². The van der Waals surface area contributed by atoms with Crippen molar-refractivity contribution >= 4 is 5.91 Å². The van der Waals surface area contributed by atoms with Crippen molar-refractivity contribution in [2.24, 2.45) is 11.8 Å². The van der Waals surface area contributed by atoms with Gasteiger partial charge in [0.15, 0.2) is 11.5 Å². The van der Waals surface area contributed by atoms with Gasteiger partial charge in [-0.15, -0.1) is 0 Å². The summed E-state index contributed by atoms with van der Waals surface area (Å²) in [6, 6.07) is 13.1. The van der Waals surface area contributed by atoms with E-state index in [2.05, 4.69) is 46.3 Å². The van der Waals surface area contributed by atoms with E-state index in [4.69, 9.17) is 14.2 Å². The van der Waals surface area contributed by atoms with E-state index >= 15 is 0 Å². The molecule has 3 atom stereocenters. The second kappa shape index (κ2) is 13.1. The summed E-state index contributed by atoms with van der Waals surface area (Å²) in [6.07, 6.45) is 6.80. The molecule has 7 nitrogen and oxygen atoms in total. The number of likely N-dealkylation sites (tertiary alicyclic amines) is 2. The summed E-state index contributed by atoms with van der Waals surface area (Å²) in [7, 11) is 3.32. The molecule has 3 aliphatic rings. The van der Waals surface area contributed by atoms with Gasteiger partial charge < -0.3 is 19.5 Å². The SMILES string of the molecule is CCN1CCCC1CNC(=O)[C@@H]1C[C@H](COc2ccc3c(c2)CCC3)CN(Cc2ccc(OC)c(OC)c2)C1. The Morgan fingerprint density at radius 2 is 1.85 bits per heavy atom. The number of ether oxygens (including phenoxy) is 3. The van der Waals surface area contributed by atoms with Crippen molar-refractivity contribution in [1.82, 2.24) is 15.1 Å². The first-order valence-corrected chi connectivity index (χ1v) is 14.8. The van der Waals surface area contributed by atoms with Crippen LogP contribution in [0, 0.1) is 11.8 Å². The summed E-state index contributed by atoms with van der Waals surface area (Å²) in [6.45, 7) is 8.16. The minimum atomic E-state index is -0.0519. The Morgan fingerprint density at radius 3 is 2.67 bits per heavy atom. The zero-order valence-electron chi connectivity index (χ0n) is 23.9. The molecule has 1 aliphatic carbocycles. The second-order valence-electron chi connectivity index (χ2n) is 11.4. The largest absolute Gasteiger partial charge is 0.493 e. The second-order valence-corrected chi connectivity index (χ2v) is 11.4. The molecule has 0 bridgehead atoms. The minimum Gasteiger partial charge on any atom is -0.493 e. The lowest BCUT2D eigenvalue weighted by Gasteiger charge is -2.37. The van der Waals surface area contributed by atoms with Gasteiger partial charge in [-0.3, -0.25) is 14.6 Å². The zero-order valence-corrected chi connectivity index (χ0v) is 23.9. The number of hydrogen-bond donors (Lipinski definition) is 1. The fraction of sp³-hybridized carbons (Fsp3) is 0.594. The van der Waals surface area contributed by atoms with E-state index in [1.165, 1.54) is 36.8 Å². The first-order valence-electron chi connectivity index (χ1n) is 14.8. The Morgan fingerprint density at radius 1 is 1.00 bits per heavy atom. The highest BCUT2D eigenvalue weighted by atomic mass is 16.5. The number of methoxy groups -OCH3 is 2. The fourth-order valence-electron chi connectivity index (χ4n) is 6.74. The van der Waals surface area contributed by atoms with Crippen molar-refractivity contribution in [2.75, 3.05) is 53.6 Å². The Hall–Kier alpha value is -2.77. The maximum atomic E-state index is 13.4. The van der Waals surface area contributed by atoms with E-state index < -0.39 is 0 Å². The highest BCUT2D eigenvalue weighted by Crippen LogP contribution is 2.31. The van der Waals surface area contributed by atoms with Gasteiger partial charge in [-0.25, -0.2) is 0 Å². The van der Waals surface area contributed by atoms with E-state index in [9.17, 15) is 4.79 Å². The quantitative estimate of drug-likeness (QED) is 0.463. The molecule has 5 rings (SSSR count). The number of carbonyl (C=O) groups excluding carboxylic acids is 1. The number of likely N-dealkylation sites (N-methyl/N-ethyl adjacent to an activating group) is 1. The van der Waals surface area contributed by atoms with E-state index in [1.807, 2.05) is 12.1 Å². The van der Waals surface area contributed by atoms with Gasteiger partial charge in [0.1, 0.15) is 5.75 Å². The molecule has 0 saturated carbocycles. The maximum Gasteiger partial charge on any atom is 0.224 e. The van der Waals surface area contributed by atoms with Crippen LogP contribution in [-0.4, -0.2) is 75.3 Å². The summed E-state index contributed by atoms with van der Waals surface area (Å²) in [5, 5.41) is 3.31. The molecule has 0 spiro atoms. The molecule has 1 N–H and O–H groups in total. The predicted octanol–water partition coefficient (Wildman–Crippen LogP) is 4.31. The van der Waals surface area contributed by atoms with Crippen LogP contribution in [0.3, 0.4) is 0 Å². The average Bonchev–Trinajstić information content (AvgIpc) is 3.63. The molecule has 2 aliphatic heterocycles. The van der Waals surface area contributed by atoms with Gasteiger partial charge in [0.05, 0.1) is 26.7 Å². The lowest BCUT2D eigenvalue weighted by Crippen LogP contribution is -2.49. The van der Waals surface area contributed by atoms with E-state index in [0.29, 0.717) is 12.6 Å². The van der Waals surface area contributed by atoms with Crippen LogP contribution in [0.1, 0.15) is 49.3 Å². The van der Waals surface area contributed by atoms with Gasteiger partial charge in [0.2, 0.25) is 5.91 Å². The first-order chi connectivity index (χ1) is 19.1. The molecule has 2 heterocycles. The average molecular weight is 536 g/mol. The zero-order chi connectivity index (χ0) is 27.2. The molecule has 2 saturated heterocycles. The van der Waals surface area contributed by atoms with Crippen molar-refractivity contribution < 1.29 is 19.0 Å². The summed E-state index contributed by atoms with van der Waals surface area (Å²) in [5.74, 6) is 2.82. The van der Waals surface area contributed by atoms with Crippen molar-refractivity contribution in [3.05, 3.63) is 53.1 Å². The highest BCUT2D eigenvalue weighted by molar-refractivity contribution is 5.79. The Balaban J connectivity index is 1.25. The van der Waals surface area contributed by atoms with Crippen molar-refractivity contribution in [1.29, 1.82) is 0 Å². The molecule has 39 heavy (non-hydrogen) atoms. The van der Waals surface area contributed by atoms with Gasteiger partial charge in [0.25, 0.3) is 0 Å². The number of carbonyl (C=O) groups is 1. The van der Waals surface area contributed by atoms with Crippen LogP contribution in [0.2, 0.25) is 0 Å². The van der Waals surface area contributed by atoms with Crippen LogP contribution in [0.4, 0.5) is 0 Å². The number of amides is 1. The number of benzene rings is 2. The topological polar surface area (TPSA) is 63.3 Å².